The fourth-order valence-corrected chi connectivity index (χ4v) is 3.96. The van der Waals surface area contributed by atoms with Crippen LogP contribution >= 0.6 is 0 Å². The van der Waals surface area contributed by atoms with E-state index in [1.807, 2.05) is 13.8 Å². The van der Waals surface area contributed by atoms with Crippen molar-refractivity contribution in [3.05, 3.63) is 71.7 Å². The van der Waals surface area contributed by atoms with Crippen LogP contribution in [0.15, 0.2) is 54.7 Å². The van der Waals surface area contributed by atoms with Crippen LogP contribution in [0.25, 0.3) is 0 Å². The smallest absolute Gasteiger partial charge is 0.373 e. The lowest BCUT2D eigenvalue weighted by Crippen LogP contribution is -2.50. The molecule has 3 aromatic rings. The summed E-state index contributed by atoms with van der Waals surface area (Å²) in [5.74, 6) is -0.181. The Bertz CT molecular complexity index is 1340. The van der Waals surface area contributed by atoms with E-state index in [2.05, 4.69) is 20.9 Å². The SMILES string of the molecule is CNc1cc2c(cn1)CN(c1ccc(F)c(NC(=O)Nc3cccc(C(F)(F)F)c3)c1)C(=O)N2C(C)C. The van der Waals surface area contributed by atoms with Crippen molar-refractivity contribution < 1.29 is 27.2 Å². The van der Waals surface area contributed by atoms with Gasteiger partial charge in [0.1, 0.15) is 11.6 Å². The van der Waals surface area contributed by atoms with Crippen molar-refractivity contribution >= 4 is 40.6 Å². The summed E-state index contributed by atoms with van der Waals surface area (Å²) in [6, 6.07) is 8.14. The first-order chi connectivity index (χ1) is 17.5. The number of benzene rings is 2. The molecule has 0 saturated heterocycles. The minimum atomic E-state index is -4.58. The number of pyridine rings is 1. The average Bonchev–Trinajstić information content (AvgIpc) is 2.84. The molecule has 0 radical (unpaired) electrons. The van der Waals surface area contributed by atoms with Gasteiger partial charge >= 0.3 is 18.2 Å². The molecular formula is C25H24F4N6O2. The summed E-state index contributed by atoms with van der Waals surface area (Å²) in [5, 5.41) is 7.51. The third kappa shape index (κ3) is 5.42. The number of hydrogen-bond donors (Lipinski definition) is 3. The van der Waals surface area contributed by atoms with Gasteiger partial charge in [0.05, 0.1) is 23.5 Å². The number of amides is 4. The molecule has 12 heteroatoms. The van der Waals surface area contributed by atoms with Crippen molar-refractivity contribution in [1.82, 2.24) is 4.98 Å². The molecule has 37 heavy (non-hydrogen) atoms. The van der Waals surface area contributed by atoms with E-state index < -0.39 is 23.6 Å². The summed E-state index contributed by atoms with van der Waals surface area (Å²) in [4.78, 5) is 33.2. The summed E-state index contributed by atoms with van der Waals surface area (Å²) in [5.41, 5.74) is 0.487. The van der Waals surface area contributed by atoms with Crippen molar-refractivity contribution in [2.75, 3.05) is 32.8 Å². The fourth-order valence-electron chi connectivity index (χ4n) is 3.96. The quantitative estimate of drug-likeness (QED) is 0.348. The fraction of sp³-hybridized carbons (Fsp3) is 0.240. The Labute approximate surface area is 210 Å². The van der Waals surface area contributed by atoms with Crippen LogP contribution in [0.1, 0.15) is 25.0 Å². The van der Waals surface area contributed by atoms with Crippen LogP contribution in [0, 0.1) is 5.82 Å². The van der Waals surface area contributed by atoms with E-state index in [0.29, 0.717) is 17.2 Å². The Balaban J connectivity index is 1.58. The maximum Gasteiger partial charge on any atom is 0.416 e. The van der Waals surface area contributed by atoms with Crippen molar-refractivity contribution in [3.63, 3.8) is 0 Å². The highest BCUT2D eigenvalue weighted by Crippen LogP contribution is 2.35. The second kappa shape index (κ2) is 9.96. The number of aromatic nitrogens is 1. The van der Waals surface area contributed by atoms with E-state index in [0.717, 1.165) is 29.8 Å². The normalized spacial score (nSPS) is 13.5. The molecule has 2 heterocycles. The van der Waals surface area contributed by atoms with Crippen molar-refractivity contribution in [3.8, 4) is 0 Å². The molecule has 4 amide bonds. The van der Waals surface area contributed by atoms with E-state index >= 15 is 0 Å². The number of rotatable bonds is 5. The number of carbonyl (C=O) groups is 2. The standard InChI is InChI=1S/C25H24F4N6O2/c1-14(2)35-21-11-22(30-3)31-12-15(21)13-34(24(35)37)18-7-8-19(26)20(10-18)33-23(36)32-17-6-4-5-16(9-17)25(27,28)29/h4-12,14H,13H2,1-3H3,(H,30,31)(H2,32,33,36). The zero-order valence-electron chi connectivity index (χ0n) is 20.2. The third-order valence-corrected chi connectivity index (χ3v) is 5.72. The zero-order valence-corrected chi connectivity index (χ0v) is 20.2. The number of alkyl halides is 3. The van der Waals surface area contributed by atoms with Crippen LogP contribution < -0.4 is 25.8 Å². The molecule has 4 rings (SSSR count). The van der Waals surface area contributed by atoms with E-state index in [-0.39, 0.29) is 30.0 Å². The minimum Gasteiger partial charge on any atom is -0.373 e. The lowest BCUT2D eigenvalue weighted by atomic mass is 10.1. The van der Waals surface area contributed by atoms with Crippen molar-refractivity contribution in [2.24, 2.45) is 0 Å². The summed E-state index contributed by atoms with van der Waals surface area (Å²) in [6.07, 6.45) is -2.93. The molecule has 0 spiro atoms. The second-order valence-corrected chi connectivity index (χ2v) is 8.60. The largest absolute Gasteiger partial charge is 0.416 e. The number of anilines is 5. The summed E-state index contributed by atoms with van der Waals surface area (Å²) < 4.78 is 53.4. The van der Waals surface area contributed by atoms with Crippen LogP contribution in [0.5, 0.6) is 0 Å². The van der Waals surface area contributed by atoms with E-state index in [1.54, 1.807) is 24.2 Å². The Hall–Kier alpha value is -4.35. The first-order valence-electron chi connectivity index (χ1n) is 11.3. The summed E-state index contributed by atoms with van der Waals surface area (Å²) in [7, 11) is 1.72. The first-order valence-corrected chi connectivity index (χ1v) is 11.3. The summed E-state index contributed by atoms with van der Waals surface area (Å²) in [6.45, 7) is 3.89. The maximum atomic E-state index is 14.6. The lowest BCUT2D eigenvalue weighted by Gasteiger charge is -2.39. The van der Waals surface area contributed by atoms with Gasteiger partial charge in [0.2, 0.25) is 0 Å². The Kier molecular flexibility index (Phi) is 6.92. The highest BCUT2D eigenvalue weighted by molar-refractivity contribution is 6.07. The molecule has 0 saturated carbocycles. The van der Waals surface area contributed by atoms with Gasteiger partial charge in [-0.25, -0.2) is 19.0 Å². The van der Waals surface area contributed by atoms with Crippen LogP contribution in [0.4, 0.5) is 55.7 Å². The Morgan fingerprint density at radius 2 is 1.84 bits per heavy atom. The molecule has 1 aromatic heterocycles. The van der Waals surface area contributed by atoms with Gasteiger partial charge in [-0.05, 0) is 50.2 Å². The van der Waals surface area contributed by atoms with Gasteiger partial charge in [-0.3, -0.25) is 9.80 Å². The number of carbonyl (C=O) groups excluding carboxylic acids is 2. The van der Waals surface area contributed by atoms with Crippen LogP contribution in [0.2, 0.25) is 0 Å². The van der Waals surface area contributed by atoms with E-state index in [1.165, 1.54) is 23.1 Å². The number of hydrogen-bond acceptors (Lipinski definition) is 4. The predicted octanol–water partition coefficient (Wildman–Crippen LogP) is 6.28. The van der Waals surface area contributed by atoms with Crippen LogP contribution in [-0.2, 0) is 12.7 Å². The molecule has 1 aliphatic heterocycles. The first kappa shape index (κ1) is 25.7. The average molecular weight is 516 g/mol. The highest BCUT2D eigenvalue weighted by Gasteiger charge is 2.34. The van der Waals surface area contributed by atoms with Gasteiger partial charge in [0.25, 0.3) is 0 Å². The molecule has 8 nitrogen and oxygen atoms in total. The number of nitrogens with one attached hydrogen (secondary N) is 3. The van der Waals surface area contributed by atoms with Gasteiger partial charge in [0.15, 0.2) is 0 Å². The lowest BCUT2D eigenvalue weighted by molar-refractivity contribution is -0.137. The molecule has 0 unspecified atom stereocenters. The predicted molar refractivity (Wildman–Crippen MR) is 133 cm³/mol. The highest BCUT2D eigenvalue weighted by atomic mass is 19.4. The Morgan fingerprint density at radius 1 is 1.08 bits per heavy atom. The molecule has 0 bridgehead atoms. The van der Waals surface area contributed by atoms with E-state index in [4.69, 9.17) is 0 Å². The van der Waals surface area contributed by atoms with Crippen LogP contribution in [-0.4, -0.2) is 30.1 Å². The van der Waals surface area contributed by atoms with Crippen molar-refractivity contribution in [1.29, 1.82) is 0 Å². The number of nitrogens with zero attached hydrogens (tertiary/aromatic N) is 3. The molecular weight excluding hydrogens is 492 g/mol. The summed E-state index contributed by atoms with van der Waals surface area (Å²) >= 11 is 0. The van der Waals surface area contributed by atoms with E-state index in [9.17, 15) is 27.2 Å². The molecule has 0 aliphatic carbocycles. The van der Waals surface area contributed by atoms with Gasteiger partial charge < -0.3 is 16.0 Å². The molecule has 0 fully saturated rings. The van der Waals surface area contributed by atoms with Gasteiger partial charge in [0, 0.05) is 42.3 Å². The molecule has 194 valence electrons. The molecule has 2 aromatic carbocycles. The maximum absolute atomic E-state index is 14.6. The van der Waals surface area contributed by atoms with Crippen molar-refractivity contribution in [2.45, 2.75) is 32.6 Å². The number of halogens is 4. The number of fused-ring (bicyclic) bond motifs is 1. The number of urea groups is 2. The monoisotopic (exact) mass is 516 g/mol. The van der Waals surface area contributed by atoms with Gasteiger partial charge in [-0.2, -0.15) is 13.2 Å². The molecule has 0 atom stereocenters. The third-order valence-electron chi connectivity index (χ3n) is 5.72. The minimum absolute atomic E-state index is 0.118. The van der Waals surface area contributed by atoms with Gasteiger partial charge in [-0.1, -0.05) is 6.07 Å². The second-order valence-electron chi connectivity index (χ2n) is 8.60. The van der Waals surface area contributed by atoms with Crippen LogP contribution in [0.3, 0.4) is 0 Å². The van der Waals surface area contributed by atoms with Gasteiger partial charge in [-0.15, -0.1) is 0 Å². The molecule has 1 aliphatic rings. The Morgan fingerprint density at radius 3 is 2.51 bits per heavy atom. The topological polar surface area (TPSA) is 89.6 Å². The zero-order chi connectivity index (χ0) is 26.9. The molecule has 3 N–H and O–H groups in total.